The van der Waals surface area contributed by atoms with Crippen molar-refractivity contribution in [1.82, 2.24) is 5.48 Å². The maximum absolute atomic E-state index is 13.2. The number of nitrogens with one attached hydrogen (secondary N) is 1. The van der Waals surface area contributed by atoms with Crippen LogP contribution in [0.15, 0.2) is 54.6 Å². The minimum absolute atomic E-state index is 0.0812. The number of halogens is 3. The lowest BCUT2D eigenvalue weighted by Gasteiger charge is -2.18. The molecule has 122 valence electrons. The maximum atomic E-state index is 13.2. The SMILES string of the molecule is O=C1OC2(C=C(c3ccccc3C(F)(F)F)NO2)c2ccccc21. The molecule has 1 spiro atoms. The van der Waals surface area contributed by atoms with Crippen LogP contribution in [0.25, 0.3) is 5.70 Å². The van der Waals surface area contributed by atoms with Crippen LogP contribution in [-0.4, -0.2) is 5.97 Å². The third-order valence-electron chi connectivity index (χ3n) is 3.94. The monoisotopic (exact) mass is 333 g/mol. The van der Waals surface area contributed by atoms with E-state index in [1.807, 2.05) is 0 Å². The molecule has 0 saturated heterocycles. The van der Waals surface area contributed by atoms with Crippen molar-refractivity contribution in [3.63, 3.8) is 0 Å². The standard InChI is InChI=1S/C17H10F3NO3/c18-17(19,20)13-8-4-1-5-10(13)14-9-16(24-21-14)12-7-3-2-6-11(12)15(22)23-16/h1-9,21H. The molecule has 2 aliphatic heterocycles. The molecule has 0 fully saturated rings. The largest absolute Gasteiger partial charge is 0.419 e. The summed E-state index contributed by atoms with van der Waals surface area (Å²) in [6.07, 6.45) is -3.17. The zero-order valence-electron chi connectivity index (χ0n) is 12.1. The minimum Gasteiger partial charge on any atom is -0.419 e. The molecule has 0 aliphatic carbocycles. The van der Waals surface area contributed by atoms with Gasteiger partial charge in [0.05, 0.1) is 16.8 Å². The van der Waals surface area contributed by atoms with Crippen LogP contribution in [0.1, 0.15) is 27.0 Å². The molecule has 2 aromatic carbocycles. The molecule has 7 heteroatoms. The van der Waals surface area contributed by atoms with Crippen LogP contribution in [0.4, 0.5) is 13.2 Å². The van der Waals surface area contributed by atoms with E-state index < -0.39 is 23.5 Å². The summed E-state index contributed by atoms with van der Waals surface area (Å²) in [6.45, 7) is 0. The quantitative estimate of drug-likeness (QED) is 0.810. The molecule has 0 aromatic heterocycles. The molecule has 2 aliphatic rings. The van der Waals surface area contributed by atoms with Crippen LogP contribution in [0.3, 0.4) is 0 Å². The van der Waals surface area contributed by atoms with Crippen LogP contribution >= 0.6 is 0 Å². The smallest absolute Gasteiger partial charge is 0.417 e. The van der Waals surface area contributed by atoms with Gasteiger partial charge in [0.1, 0.15) is 0 Å². The molecule has 4 nitrogen and oxygen atoms in total. The van der Waals surface area contributed by atoms with Gasteiger partial charge < -0.3 is 4.74 Å². The van der Waals surface area contributed by atoms with E-state index >= 15 is 0 Å². The summed E-state index contributed by atoms with van der Waals surface area (Å²) < 4.78 is 44.8. The Morgan fingerprint density at radius 2 is 1.62 bits per heavy atom. The number of ether oxygens (including phenoxy) is 1. The highest BCUT2D eigenvalue weighted by Crippen LogP contribution is 2.44. The summed E-state index contributed by atoms with van der Waals surface area (Å²) in [7, 11) is 0. The average molecular weight is 333 g/mol. The van der Waals surface area contributed by atoms with E-state index in [0.717, 1.165) is 6.07 Å². The van der Waals surface area contributed by atoms with Crippen molar-refractivity contribution in [2.45, 2.75) is 12.0 Å². The van der Waals surface area contributed by atoms with Crippen molar-refractivity contribution >= 4 is 11.7 Å². The number of carbonyl (C=O) groups excluding carboxylic acids is 1. The first kappa shape index (κ1) is 14.8. The van der Waals surface area contributed by atoms with Gasteiger partial charge in [-0.25, -0.2) is 9.63 Å². The van der Waals surface area contributed by atoms with Crippen molar-refractivity contribution < 1.29 is 27.5 Å². The highest BCUT2D eigenvalue weighted by molar-refractivity contribution is 5.95. The summed E-state index contributed by atoms with van der Waals surface area (Å²) in [5, 5.41) is 0. The molecule has 0 saturated carbocycles. The van der Waals surface area contributed by atoms with Gasteiger partial charge in [-0.15, -0.1) is 0 Å². The third-order valence-corrected chi connectivity index (χ3v) is 3.94. The van der Waals surface area contributed by atoms with Crippen LogP contribution in [-0.2, 0) is 21.5 Å². The molecule has 0 amide bonds. The fraction of sp³-hybridized carbons (Fsp3) is 0.118. The minimum atomic E-state index is -4.51. The van der Waals surface area contributed by atoms with E-state index in [0.29, 0.717) is 11.1 Å². The second-order valence-electron chi connectivity index (χ2n) is 5.41. The van der Waals surface area contributed by atoms with Gasteiger partial charge in [-0.1, -0.05) is 36.4 Å². The normalized spacial score (nSPS) is 22.1. The van der Waals surface area contributed by atoms with Gasteiger partial charge in [-0.2, -0.15) is 13.2 Å². The number of esters is 1. The Morgan fingerprint density at radius 1 is 0.958 bits per heavy atom. The predicted octanol–water partition coefficient (Wildman–Crippen LogP) is 3.60. The first-order chi connectivity index (χ1) is 11.4. The molecule has 1 atom stereocenters. The first-order valence-electron chi connectivity index (χ1n) is 7.07. The fourth-order valence-electron chi connectivity index (χ4n) is 2.87. The van der Waals surface area contributed by atoms with Crippen molar-refractivity contribution in [3.05, 3.63) is 76.9 Å². The molecule has 4 rings (SSSR count). The Balaban J connectivity index is 1.83. The van der Waals surface area contributed by atoms with E-state index in [1.165, 1.54) is 24.3 Å². The zero-order chi connectivity index (χ0) is 16.9. The molecule has 2 aromatic rings. The summed E-state index contributed by atoms with van der Waals surface area (Å²) >= 11 is 0. The highest BCUT2D eigenvalue weighted by Gasteiger charge is 2.49. The Bertz CT molecular complexity index is 875. The molecule has 2 heterocycles. The van der Waals surface area contributed by atoms with E-state index in [1.54, 1.807) is 24.3 Å². The van der Waals surface area contributed by atoms with Crippen LogP contribution in [0.5, 0.6) is 0 Å². The molecule has 1 unspecified atom stereocenters. The van der Waals surface area contributed by atoms with Crippen LogP contribution in [0, 0.1) is 0 Å². The summed E-state index contributed by atoms with van der Waals surface area (Å²) in [5.41, 5.74) is 2.44. The number of carbonyl (C=O) groups is 1. The molecule has 0 radical (unpaired) electrons. The lowest BCUT2D eigenvalue weighted by Crippen LogP contribution is -2.27. The summed E-state index contributed by atoms with van der Waals surface area (Å²) in [6, 6.07) is 11.7. The van der Waals surface area contributed by atoms with Gasteiger partial charge in [-0.05, 0) is 12.1 Å². The lowest BCUT2D eigenvalue weighted by molar-refractivity contribution is -0.181. The third kappa shape index (κ3) is 2.09. The van der Waals surface area contributed by atoms with Crippen molar-refractivity contribution in [2.24, 2.45) is 0 Å². The van der Waals surface area contributed by atoms with Gasteiger partial charge >= 0.3 is 12.1 Å². The molecule has 0 bridgehead atoms. The Kier molecular flexibility index (Phi) is 2.98. The molecule has 1 N–H and O–H groups in total. The number of alkyl halides is 3. The van der Waals surface area contributed by atoms with Gasteiger partial charge in [0.25, 0.3) is 5.79 Å². The summed E-state index contributed by atoms with van der Waals surface area (Å²) in [5.74, 6) is -2.14. The molecule has 24 heavy (non-hydrogen) atoms. The van der Waals surface area contributed by atoms with E-state index in [9.17, 15) is 18.0 Å². The number of hydrogen-bond donors (Lipinski definition) is 1. The number of hydroxylamine groups is 1. The van der Waals surface area contributed by atoms with E-state index in [-0.39, 0.29) is 11.3 Å². The van der Waals surface area contributed by atoms with Crippen molar-refractivity contribution in [1.29, 1.82) is 0 Å². The Hall–Kier alpha value is -2.80. The molecular formula is C17H10F3NO3. The van der Waals surface area contributed by atoms with Crippen molar-refractivity contribution in [2.75, 3.05) is 0 Å². The average Bonchev–Trinajstić information content (AvgIpc) is 3.10. The first-order valence-corrected chi connectivity index (χ1v) is 7.07. The van der Waals surface area contributed by atoms with Gasteiger partial charge in [0.15, 0.2) is 0 Å². The topological polar surface area (TPSA) is 47.6 Å². The molecular weight excluding hydrogens is 323 g/mol. The Morgan fingerprint density at radius 3 is 2.38 bits per heavy atom. The second kappa shape index (κ2) is 4.85. The number of hydrogen-bond acceptors (Lipinski definition) is 4. The van der Waals surface area contributed by atoms with Crippen molar-refractivity contribution in [3.8, 4) is 0 Å². The van der Waals surface area contributed by atoms with Gasteiger partial charge in [0.2, 0.25) is 0 Å². The van der Waals surface area contributed by atoms with Gasteiger partial charge in [-0.3, -0.25) is 5.48 Å². The van der Waals surface area contributed by atoms with E-state index in [4.69, 9.17) is 9.57 Å². The number of benzene rings is 2. The summed E-state index contributed by atoms with van der Waals surface area (Å²) in [4.78, 5) is 17.3. The van der Waals surface area contributed by atoms with Gasteiger partial charge in [0, 0.05) is 17.2 Å². The zero-order valence-corrected chi connectivity index (χ0v) is 12.1. The Labute approximate surface area is 134 Å². The van der Waals surface area contributed by atoms with Crippen LogP contribution < -0.4 is 5.48 Å². The number of rotatable bonds is 1. The lowest BCUT2D eigenvalue weighted by atomic mass is 9.99. The highest BCUT2D eigenvalue weighted by atomic mass is 19.4. The van der Waals surface area contributed by atoms with Crippen LogP contribution in [0.2, 0.25) is 0 Å². The van der Waals surface area contributed by atoms with E-state index in [2.05, 4.69) is 5.48 Å². The number of fused-ring (bicyclic) bond motifs is 2. The second-order valence-corrected chi connectivity index (χ2v) is 5.41. The maximum Gasteiger partial charge on any atom is 0.417 e. The predicted molar refractivity (Wildman–Crippen MR) is 77.2 cm³/mol. The fourth-order valence-corrected chi connectivity index (χ4v) is 2.87.